The maximum atomic E-state index is 13.6. The third kappa shape index (κ3) is 6.48. The van der Waals surface area contributed by atoms with Crippen molar-refractivity contribution in [3.05, 3.63) is 89.4 Å². The topological polar surface area (TPSA) is 139 Å². The Balaban J connectivity index is 1.45. The SMILES string of the molecule is COc1c(NC(C)=O)cc(C(C)(C)C)cc1NC(=O)N[C@@]1(C=O)C=C[C@@H](Oc2ccc3nnc(C(C)(C)N(C)C)n3c2)c2ccccc21. The standard InChI is InChI=1S/C36H43N7O5/c1-22(45)37-27-18-23(34(2,3)4)19-28(31(27)47-9)38-33(46)39-36(21-44)17-16-29(25-12-10-11-13-26(25)36)48-24-14-15-30-40-41-32(43(30)20-24)35(5,6)42(7)8/h10-21,29H,1-9H3,(H,37,45)(H2,38,39,46)/t29-,36-/m1/s1. The van der Waals surface area contributed by atoms with Gasteiger partial charge in [-0.2, -0.15) is 0 Å². The highest BCUT2D eigenvalue weighted by Gasteiger charge is 2.39. The van der Waals surface area contributed by atoms with E-state index in [0.29, 0.717) is 40.2 Å². The fourth-order valence-corrected chi connectivity index (χ4v) is 5.60. The summed E-state index contributed by atoms with van der Waals surface area (Å²) >= 11 is 0. The van der Waals surface area contributed by atoms with Crippen molar-refractivity contribution in [2.45, 2.75) is 64.1 Å². The minimum atomic E-state index is -1.49. The number of nitrogens with zero attached hydrogens (tertiary/aromatic N) is 4. The van der Waals surface area contributed by atoms with Crippen LogP contribution in [0.25, 0.3) is 5.65 Å². The maximum absolute atomic E-state index is 13.6. The summed E-state index contributed by atoms with van der Waals surface area (Å²) in [5, 5.41) is 17.3. The molecule has 2 atom stereocenters. The summed E-state index contributed by atoms with van der Waals surface area (Å²) in [4.78, 5) is 40.5. The molecule has 12 nitrogen and oxygen atoms in total. The first-order chi connectivity index (χ1) is 22.6. The summed E-state index contributed by atoms with van der Waals surface area (Å²) in [6, 6.07) is 14.0. The fourth-order valence-electron chi connectivity index (χ4n) is 5.60. The van der Waals surface area contributed by atoms with Crippen LogP contribution in [-0.2, 0) is 26.1 Å². The molecule has 0 saturated heterocycles. The number of nitrogens with one attached hydrogen (secondary N) is 3. The molecular weight excluding hydrogens is 610 g/mol. The molecule has 3 N–H and O–H groups in total. The van der Waals surface area contributed by atoms with Crippen molar-refractivity contribution < 1.29 is 23.9 Å². The van der Waals surface area contributed by atoms with E-state index in [-0.39, 0.29) is 17.1 Å². The number of anilines is 2. The molecule has 0 spiro atoms. The first-order valence-electron chi connectivity index (χ1n) is 15.6. The number of aldehydes is 1. The van der Waals surface area contributed by atoms with Crippen LogP contribution in [0.4, 0.5) is 16.2 Å². The number of ether oxygens (including phenoxy) is 2. The molecule has 12 heteroatoms. The van der Waals surface area contributed by atoms with Gasteiger partial charge in [-0.1, -0.05) is 45.0 Å². The minimum Gasteiger partial charge on any atom is -0.492 e. The quantitative estimate of drug-likeness (QED) is 0.155. The second kappa shape index (κ2) is 12.8. The Bertz CT molecular complexity index is 1910. The number of amides is 3. The molecule has 0 bridgehead atoms. The first kappa shape index (κ1) is 34.1. The smallest absolute Gasteiger partial charge is 0.320 e. The van der Waals surface area contributed by atoms with E-state index >= 15 is 0 Å². The molecule has 252 valence electrons. The van der Waals surface area contributed by atoms with Crippen LogP contribution in [0, 0.1) is 0 Å². The van der Waals surface area contributed by atoms with Gasteiger partial charge in [0.1, 0.15) is 17.4 Å². The summed E-state index contributed by atoms with van der Waals surface area (Å²) in [7, 11) is 5.43. The number of rotatable bonds is 9. The number of pyridine rings is 1. The lowest BCUT2D eigenvalue weighted by atomic mass is 9.81. The van der Waals surface area contributed by atoms with Crippen molar-refractivity contribution in [3.63, 3.8) is 0 Å². The molecule has 4 aromatic rings. The van der Waals surface area contributed by atoms with Crippen molar-refractivity contribution in [1.82, 2.24) is 24.8 Å². The van der Waals surface area contributed by atoms with Gasteiger partial charge in [0.2, 0.25) is 5.91 Å². The lowest BCUT2D eigenvalue weighted by molar-refractivity contribution is -0.114. The number of benzene rings is 2. The monoisotopic (exact) mass is 653 g/mol. The molecule has 3 amide bonds. The highest BCUT2D eigenvalue weighted by Crippen LogP contribution is 2.40. The first-order valence-corrected chi connectivity index (χ1v) is 15.6. The highest BCUT2D eigenvalue weighted by molar-refractivity contribution is 5.98. The van der Waals surface area contributed by atoms with E-state index in [4.69, 9.17) is 9.47 Å². The van der Waals surface area contributed by atoms with Crippen LogP contribution in [0.15, 0.2) is 66.9 Å². The summed E-state index contributed by atoms with van der Waals surface area (Å²) in [6.07, 6.45) is 5.39. The summed E-state index contributed by atoms with van der Waals surface area (Å²) in [5.74, 6) is 1.34. The van der Waals surface area contributed by atoms with Gasteiger partial charge in [-0.25, -0.2) is 4.79 Å². The van der Waals surface area contributed by atoms with E-state index < -0.39 is 23.2 Å². The van der Waals surface area contributed by atoms with Gasteiger partial charge in [0.15, 0.2) is 23.5 Å². The molecule has 0 fully saturated rings. The van der Waals surface area contributed by atoms with Crippen LogP contribution in [0.5, 0.6) is 11.5 Å². The molecule has 5 rings (SSSR count). The summed E-state index contributed by atoms with van der Waals surface area (Å²) < 4.78 is 14.0. The largest absolute Gasteiger partial charge is 0.492 e. The lowest BCUT2D eigenvalue weighted by Gasteiger charge is -2.34. The molecule has 1 aliphatic rings. The van der Waals surface area contributed by atoms with Crippen LogP contribution >= 0.6 is 0 Å². The van der Waals surface area contributed by atoms with Crippen LogP contribution in [0.1, 0.15) is 70.2 Å². The summed E-state index contributed by atoms with van der Waals surface area (Å²) in [5.41, 5.74) is 1.40. The zero-order chi connectivity index (χ0) is 35.0. The third-order valence-electron chi connectivity index (χ3n) is 8.77. The highest BCUT2D eigenvalue weighted by atomic mass is 16.5. The van der Waals surface area contributed by atoms with E-state index in [1.54, 1.807) is 30.4 Å². The number of carbonyl (C=O) groups excluding carboxylic acids is 3. The lowest BCUT2D eigenvalue weighted by Crippen LogP contribution is -2.49. The predicted octanol–water partition coefficient (Wildman–Crippen LogP) is 5.70. The average molecular weight is 654 g/mol. The van der Waals surface area contributed by atoms with Crippen LogP contribution in [0.3, 0.4) is 0 Å². The van der Waals surface area contributed by atoms with Gasteiger partial charge in [-0.15, -0.1) is 10.2 Å². The number of methoxy groups -OCH3 is 1. The molecule has 0 radical (unpaired) electrons. The Morgan fingerprint density at radius 1 is 1.00 bits per heavy atom. The van der Waals surface area contributed by atoms with Gasteiger partial charge in [0.25, 0.3) is 0 Å². The van der Waals surface area contributed by atoms with Crippen molar-refractivity contribution >= 4 is 35.2 Å². The van der Waals surface area contributed by atoms with Crippen LogP contribution in [-0.4, -0.2) is 58.9 Å². The Hall–Kier alpha value is -5.23. The van der Waals surface area contributed by atoms with Gasteiger partial charge in [0.05, 0.1) is 30.2 Å². The number of aromatic nitrogens is 3. The predicted molar refractivity (Wildman–Crippen MR) is 185 cm³/mol. The average Bonchev–Trinajstić information content (AvgIpc) is 3.45. The Labute approximate surface area is 280 Å². The van der Waals surface area contributed by atoms with Gasteiger partial charge >= 0.3 is 6.03 Å². The number of carbonyl (C=O) groups is 3. The van der Waals surface area contributed by atoms with Crippen molar-refractivity contribution in [2.24, 2.45) is 0 Å². The number of fused-ring (bicyclic) bond motifs is 2. The minimum absolute atomic E-state index is 0.281. The fraction of sp³-hybridized carbons (Fsp3) is 0.361. The van der Waals surface area contributed by atoms with E-state index in [9.17, 15) is 14.4 Å². The van der Waals surface area contributed by atoms with Gasteiger partial charge in [0, 0.05) is 12.5 Å². The molecule has 2 aromatic heterocycles. The third-order valence-corrected chi connectivity index (χ3v) is 8.77. The molecular formula is C36H43N7O5. The van der Waals surface area contributed by atoms with E-state index in [1.165, 1.54) is 14.0 Å². The van der Waals surface area contributed by atoms with Gasteiger partial charge < -0.3 is 25.4 Å². The van der Waals surface area contributed by atoms with Crippen LogP contribution in [0.2, 0.25) is 0 Å². The van der Waals surface area contributed by atoms with Gasteiger partial charge in [-0.3, -0.25) is 18.9 Å². The summed E-state index contributed by atoms with van der Waals surface area (Å²) in [6.45, 7) is 11.6. The molecule has 1 aliphatic carbocycles. The van der Waals surface area contributed by atoms with Crippen molar-refractivity contribution in [2.75, 3.05) is 31.8 Å². The molecule has 0 aliphatic heterocycles. The van der Waals surface area contributed by atoms with Crippen molar-refractivity contribution in [1.29, 1.82) is 0 Å². The van der Waals surface area contributed by atoms with Crippen molar-refractivity contribution in [3.8, 4) is 11.5 Å². The second-order valence-electron chi connectivity index (χ2n) is 13.7. The van der Waals surface area contributed by atoms with Crippen LogP contribution < -0.4 is 25.4 Å². The second-order valence-corrected chi connectivity index (χ2v) is 13.7. The van der Waals surface area contributed by atoms with Gasteiger partial charge in [-0.05, 0) is 80.9 Å². The zero-order valence-corrected chi connectivity index (χ0v) is 28.8. The Kier molecular flexibility index (Phi) is 9.07. The number of urea groups is 1. The van der Waals surface area contributed by atoms with E-state index in [0.717, 1.165) is 11.4 Å². The Morgan fingerprint density at radius 3 is 2.31 bits per heavy atom. The van der Waals surface area contributed by atoms with E-state index in [2.05, 4.69) is 44.9 Å². The van der Waals surface area contributed by atoms with E-state index in [1.807, 2.05) is 75.8 Å². The normalized spacial score (nSPS) is 17.5. The molecule has 0 saturated carbocycles. The molecule has 2 aromatic carbocycles. The number of hydrogen-bond acceptors (Lipinski definition) is 8. The molecule has 0 unspecified atom stereocenters. The number of hydrogen-bond donors (Lipinski definition) is 3. The molecule has 2 heterocycles. The maximum Gasteiger partial charge on any atom is 0.320 e. The Morgan fingerprint density at radius 2 is 1.69 bits per heavy atom. The molecule has 48 heavy (non-hydrogen) atoms. The zero-order valence-electron chi connectivity index (χ0n) is 28.8.